The minimum absolute atomic E-state index is 0.123. The Balaban J connectivity index is 1.67. The summed E-state index contributed by atoms with van der Waals surface area (Å²) in [5.41, 5.74) is 1.44. The Bertz CT molecular complexity index is 760. The standard InChI is InChI=1S/C20H24N2O4/c1-14-3-6-16(7-4-14)19(23)20(24)21-13-17(18-8-5-15(2)26-18)22-9-11-25-12-10-22/h3-8,17H,9-13H2,1-2H3,(H,21,24). The van der Waals surface area contributed by atoms with Crippen molar-refractivity contribution in [3.8, 4) is 0 Å². The number of rotatable bonds is 6. The van der Waals surface area contributed by atoms with Crippen LogP contribution in [0.2, 0.25) is 0 Å². The van der Waals surface area contributed by atoms with Crippen molar-refractivity contribution in [1.29, 1.82) is 0 Å². The molecule has 1 aromatic carbocycles. The van der Waals surface area contributed by atoms with Gasteiger partial charge in [-0.25, -0.2) is 0 Å². The second-order valence-electron chi connectivity index (χ2n) is 6.52. The van der Waals surface area contributed by atoms with Crippen molar-refractivity contribution in [2.45, 2.75) is 19.9 Å². The summed E-state index contributed by atoms with van der Waals surface area (Å²) in [6, 6.07) is 10.7. The van der Waals surface area contributed by atoms with Crippen LogP contribution in [0.5, 0.6) is 0 Å². The van der Waals surface area contributed by atoms with Crippen LogP contribution < -0.4 is 5.32 Å². The monoisotopic (exact) mass is 356 g/mol. The van der Waals surface area contributed by atoms with Crippen molar-refractivity contribution in [1.82, 2.24) is 10.2 Å². The Kier molecular flexibility index (Phi) is 5.85. The van der Waals surface area contributed by atoms with Crippen LogP contribution in [0.3, 0.4) is 0 Å². The van der Waals surface area contributed by atoms with E-state index in [0.717, 1.165) is 30.2 Å². The zero-order chi connectivity index (χ0) is 18.5. The molecule has 1 N–H and O–H groups in total. The van der Waals surface area contributed by atoms with Gasteiger partial charge in [-0.15, -0.1) is 0 Å². The van der Waals surface area contributed by atoms with E-state index in [9.17, 15) is 9.59 Å². The molecule has 2 heterocycles. The molecule has 0 spiro atoms. The number of nitrogens with zero attached hydrogens (tertiary/aromatic N) is 1. The topological polar surface area (TPSA) is 71.8 Å². The van der Waals surface area contributed by atoms with Gasteiger partial charge in [-0.05, 0) is 26.0 Å². The molecule has 0 saturated carbocycles. The van der Waals surface area contributed by atoms with Gasteiger partial charge in [0.1, 0.15) is 11.5 Å². The minimum atomic E-state index is -0.601. The molecule has 1 saturated heterocycles. The predicted molar refractivity (Wildman–Crippen MR) is 97.1 cm³/mol. The molecule has 1 fully saturated rings. The minimum Gasteiger partial charge on any atom is -0.465 e. The van der Waals surface area contributed by atoms with Gasteiger partial charge in [0, 0.05) is 25.2 Å². The highest BCUT2D eigenvalue weighted by molar-refractivity contribution is 6.42. The first-order valence-electron chi connectivity index (χ1n) is 8.82. The number of carbonyl (C=O) groups is 2. The molecule has 0 radical (unpaired) electrons. The second kappa shape index (κ2) is 8.29. The molecule has 1 atom stereocenters. The van der Waals surface area contributed by atoms with E-state index in [-0.39, 0.29) is 6.04 Å². The first-order chi connectivity index (χ1) is 12.5. The van der Waals surface area contributed by atoms with Crippen molar-refractivity contribution >= 4 is 11.7 Å². The molecule has 1 amide bonds. The molecule has 1 aliphatic rings. The normalized spacial score (nSPS) is 16.2. The molecule has 1 aliphatic heterocycles. The Morgan fingerprint density at radius 1 is 1.08 bits per heavy atom. The number of morpholine rings is 1. The highest BCUT2D eigenvalue weighted by Gasteiger charge is 2.27. The summed E-state index contributed by atoms with van der Waals surface area (Å²) in [5.74, 6) is 0.476. The summed E-state index contributed by atoms with van der Waals surface area (Å²) in [5, 5.41) is 2.77. The van der Waals surface area contributed by atoms with Crippen LogP contribution in [0.25, 0.3) is 0 Å². The van der Waals surface area contributed by atoms with Gasteiger partial charge in [-0.2, -0.15) is 0 Å². The first-order valence-corrected chi connectivity index (χ1v) is 8.82. The lowest BCUT2D eigenvalue weighted by atomic mass is 10.1. The Morgan fingerprint density at radius 3 is 2.38 bits per heavy atom. The summed E-state index contributed by atoms with van der Waals surface area (Å²) >= 11 is 0. The molecule has 138 valence electrons. The number of furan rings is 1. The molecule has 2 aromatic rings. The average Bonchev–Trinajstić information content (AvgIpc) is 3.09. The van der Waals surface area contributed by atoms with E-state index in [0.29, 0.717) is 25.3 Å². The maximum absolute atomic E-state index is 12.3. The number of carbonyl (C=O) groups excluding carboxylic acids is 2. The van der Waals surface area contributed by atoms with Gasteiger partial charge in [0.15, 0.2) is 0 Å². The summed E-state index contributed by atoms with van der Waals surface area (Å²) in [4.78, 5) is 26.8. The van der Waals surface area contributed by atoms with E-state index in [1.54, 1.807) is 12.1 Å². The second-order valence-corrected chi connectivity index (χ2v) is 6.52. The highest BCUT2D eigenvalue weighted by Crippen LogP contribution is 2.23. The summed E-state index contributed by atoms with van der Waals surface area (Å²) in [6.45, 7) is 6.94. The zero-order valence-electron chi connectivity index (χ0n) is 15.2. The average molecular weight is 356 g/mol. The molecule has 6 heteroatoms. The number of nitrogens with one attached hydrogen (secondary N) is 1. The Morgan fingerprint density at radius 2 is 1.77 bits per heavy atom. The van der Waals surface area contributed by atoms with E-state index >= 15 is 0 Å². The van der Waals surface area contributed by atoms with Gasteiger partial charge >= 0.3 is 0 Å². The number of ether oxygens (including phenoxy) is 1. The predicted octanol–water partition coefficient (Wildman–Crippen LogP) is 2.27. The number of aryl methyl sites for hydroxylation is 2. The quantitative estimate of drug-likeness (QED) is 0.635. The van der Waals surface area contributed by atoms with E-state index in [2.05, 4.69) is 10.2 Å². The molecule has 26 heavy (non-hydrogen) atoms. The van der Waals surface area contributed by atoms with Gasteiger partial charge in [0.05, 0.1) is 19.3 Å². The number of Topliss-reactive ketones (excluding diaryl/α,β-unsaturated/α-hetero) is 1. The zero-order valence-corrected chi connectivity index (χ0v) is 15.2. The lowest BCUT2D eigenvalue weighted by Gasteiger charge is -2.33. The van der Waals surface area contributed by atoms with Crippen LogP contribution in [0.15, 0.2) is 40.8 Å². The van der Waals surface area contributed by atoms with Crippen LogP contribution in [0.1, 0.15) is 33.5 Å². The number of ketones is 1. The van der Waals surface area contributed by atoms with Crippen molar-refractivity contribution in [3.05, 3.63) is 59.0 Å². The van der Waals surface area contributed by atoms with Crippen LogP contribution in [0, 0.1) is 13.8 Å². The van der Waals surface area contributed by atoms with E-state index in [4.69, 9.17) is 9.15 Å². The van der Waals surface area contributed by atoms with E-state index < -0.39 is 11.7 Å². The summed E-state index contributed by atoms with van der Waals surface area (Å²) in [7, 11) is 0. The number of hydrogen-bond acceptors (Lipinski definition) is 5. The SMILES string of the molecule is Cc1ccc(C(=O)C(=O)NCC(c2ccc(C)o2)N2CCOCC2)cc1. The fourth-order valence-electron chi connectivity index (χ4n) is 3.04. The third-order valence-corrected chi connectivity index (χ3v) is 4.55. The van der Waals surface area contributed by atoms with Crippen molar-refractivity contribution in [3.63, 3.8) is 0 Å². The molecule has 1 unspecified atom stereocenters. The van der Waals surface area contributed by atoms with Gasteiger partial charge in [0.2, 0.25) is 5.78 Å². The fourth-order valence-corrected chi connectivity index (χ4v) is 3.04. The van der Waals surface area contributed by atoms with Gasteiger partial charge < -0.3 is 14.5 Å². The lowest BCUT2D eigenvalue weighted by Crippen LogP contribution is -2.44. The third kappa shape index (κ3) is 4.39. The highest BCUT2D eigenvalue weighted by atomic mass is 16.5. The molecular weight excluding hydrogens is 332 g/mol. The van der Waals surface area contributed by atoms with Gasteiger partial charge in [-0.1, -0.05) is 29.8 Å². The fraction of sp³-hybridized carbons (Fsp3) is 0.400. The number of amides is 1. The van der Waals surface area contributed by atoms with E-state index in [1.807, 2.05) is 38.1 Å². The Labute approximate surface area is 153 Å². The molecule has 1 aromatic heterocycles. The molecule has 0 aliphatic carbocycles. The van der Waals surface area contributed by atoms with Gasteiger partial charge in [-0.3, -0.25) is 14.5 Å². The van der Waals surface area contributed by atoms with Gasteiger partial charge in [0.25, 0.3) is 5.91 Å². The summed E-state index contributed by atoms with van der Waals surface area (Å²) in [6.07, 6.45) is 0. The smallest absolute Gasteiger partial charge is 0.292 e. The molecule has 0 bridgehead atoms. The number of hydrogen-bond donors (Lipinski definition) is 1. The van der Waals surface area contributed by atoms with Crippen LogP contribution >= 0.6 is 0 Å². The number of benzene rings is 1. The van der Waals surface area contributed by atoms with Crippen LogP contribution in [0.4, 0.5) is 0 Å². The largest absolute Gasteiger partial charge is 0.465 e. The summed E-state index contributed by atoms with van der Waals surface area (Å²) < 4.78 is 11.2. The van der Waals surface area contributed by atoms with E-state index in [1.165, 1.54) is 0 Å². The van der Waals surface area contributed by atoms with Crippen LogP contribution in [-0.4, -0.2) is 49.4 Å². The molecule has 6 nitrogen and oxygen atoms in total. The molecule has 3 rings (SSSR count). The third-order valence-electron chi connectivity index (χ3n) is 4.55. The maximum atomic E-state index is 12.3. The van der Waals surface area contributed by atoms with Crippen molar-refractivity contribution < 1.29 is 18.7 Å². The van der Waals surface area contributed by atoms with Crippen molar-refractivity contribution in [2.75, 3.05) is 32.8 Å². The molecular formula is C20H24N2O4. The van der Waals surface area contributed by atoms with Crippen LogP contribution in [-0.2, 0) is 9.53 Å². The first kappa shape index (κ1) is 18.4. The van der Waals surface area contributed by atoms with Crippen molar-refractivity contribution in [2.24, 2.45) is 0 Å². The Hall–Kier alpha value is -2.44. The lowest BCUT2D eigenvalue weighted by molar-refractivity contribution is -0.117. The maximum Gasteiger partial charge on any atom is 0.292 e.